The van der Waals surface area contributed by atoms with Gasteiger partial charge in [-0.15, -0.1) is 0 Å². The quantitative estimate of drug-likeness (QED) is 0.868. The van der Waals surface area contributed by atoms with Crippen LogP contribution in [0.3, 0.4) is 0 Å². The summed E-state index contributed by atoms with van der Waals surface area (Å²) in [6.07, 6.45) is 1.64. The Morgan fingerprint density at radius 1 is 1.35 bits per heavy atom. The van der Waals surface area contributed by atoms with E-state index >= 15 is 0 Å². The van der Waals surface area contributed by atoms with Gasteiger partial charge >= 0.3 is 0 Å². The summed E-state index contributed by atoms with van der Waals surface area (Å²) in [6, 6.07) is 3.93. The van der Waals surface area contributed by atoms with Crippen molar-refractivity contribution in [1.29, 1.82) is 0 Å². The van der Waals surface area contributed by atoms with Gasteiger partial charge in [0.2, 0.25) is 0 Å². The molecule has 5 heteroatoms. The molecule has 0 aliphatic carbocycles. The zero-order valence-electron chi connectivity index (χ0n) is 11.6. The first-order valence-corrected chi connectivity index (χ1v) is 7.95. The van der Waals surface area contributed by atoms with Crippen molar-refractivity contribution in [3.05, 3.63) is 22.2 Å². The zero-order chi connectivity index (χ0) is 14.1. The summed E-state index contributed by atoms with van der Waals surface area (Å²) in [4.78, 5) is 0. The van der Waals surface area contributed by atoms with Crippen LogP contribution in [-0.4, -0.2) is 30.9 Å². The third kappa shape index (κ3) is 2.80. The van der Waals surface area contributed by atoms with Crippen molar-refractivity contribution < 1.29 is 14.6 Å². The number of aliphatic hydroxyl groups is 1. The van der Waals surface area contributed by atoms with E-state index in [1.807, 2.05) is 12.1 Å². The van der Waals surface area contributed by atoms with E-state index in [1.165, 1.54) is 6.42 Å². The Hall–Kier alpha value is -0.780. The molecule has 3 atom stereocenters. The smallest absolute Gasteiger partial charge is 0.175 e. The standard InChI is InChI=1S/C15H20BrNO3/c1-9-2-3-17-12(6-9)14(18)10-7-11(16)15-13(8-10)19-4-5-20-15/h7-9,12,14,17-18H,2-6H2,1H3. The SMILES string of the molecule is CC1CCNC(C(O)c2cc(Br)c3c(c2)OCCO3)C1. The molecule has 0 bridgehead atoms. The molecule has 1 saturated heterocycles. The largest absolute Gasteiger partial charge is 0.486 e. The second-order valence-electron chi connectivity index (χ2n) is 5.66. The summed E-state index contributed by atoms with van der Waals surface area (Å²) in [5.74, 6) is 2.09. The van der Waals surface area contributed by atoms with E-state index in [1.54, 1.807) is 0 Å². The summed E-state index contributed by atoms with van der Waals surface area (Å²) in [6.45, 7) is 4.32. The Morgan fingerprint density at radius 3 is 2.95 bits per heavy atom. The van der Waals surface area contributed by atoms with E-state index in [0.717, 1.165) is 28.8 Å². The summed E-state index contributed by atoms with van der Waals surface area (Å²) >= 11 is 3.50. The Labute approximate surface area is 127 Å². The van der Waals surface area contributed by atoms with E-state index in [-0.39, 0.29) is 6.04 Å². The maximum atomic E-state index is 10.6. The Balaban J connectivity index is 1.84. The number of nitrogens with one attached hydrogen (secondary N) is 1. The van der Waals surface area contributed by atoms with Crippen LogP contribution in [0.2, 0.25) is 0 Å². The molecular weight excluding hydrogens is 322 g/mol. The molecule has 0 radical (unpaired) electrons. The Morgan fingerprint density at radius 2 is 2.15 bits per heavy atom. The van der Waals surface area contributed by atoms with Gasteiger partial charge in [-0.2, -0.15) is 0 Å². The van der Waals surface area contributed by atoms with E-state index in [0.29, 0.717) is 24.9 Å². The molecule has 0 spiro atoms. The fraction of sp³-hybridized carbons (Fsp3) is 0.600. The van der Waals surface area contributed by atoms with Crippen LogP contribution in [0.1, 0.15) is 31.4 Å². The van der Waals surface area contributed by atoms with Gasteiger partial charge in [0.25, 0.3) is 0 Å². The molecule has 0 amide bonds. The van der Waals surface area contributed by atoms with Gasteiger partial charge in [-0.05, 0) is 58.9 Å². The molecule has 3 rings (SSSR count). The van der Waals surface area contributed by atoms with Crippen molar-refractivity contribution >= 4 is 15.9 Å². The maximum Gasteiger partial charge on any atom is 0.175 e. The predicted molar refractivity (Wildman–Crippen MR) is 80.3 cm³/mol. The van der Waals surface area contributed by atoms with Crippen LogP contribution in [-0.2, 0) is 0 Å². The van der Waals surface area contributed by atoms with Gasteiger partial charge in [-0.3, -0.25) is 0 Å². The highest BCUT2D eigenvalue weighted by atomic mass is 79.9. The monoisotopic (exact) mass is 341 g/mol. The number of hydrogen-bond acceptors (Lipinski definition) is 4. The molecule has 1 aromatic carbocycles. The van der Waals surface area contributed by atoms with Crippen LogP contribution < -0.4 is 14.8 Å². The van der Waals surface area contributed by atoms with Crippen molar-refractivity contribution in [2.75, 3.05) is 19.8 Å². The summed E-state index contributed by atoms with van der Waals surface area (Å²) in [5.41, 5.74) is 0.868. The molecule has 20 heavy (non-hydrogen) atoms. The second kappa shape index (κ2) is 5.92. The van der Waals surface area contributed by atoms with Gasteiger partial charge in [-0.25, -0.2) is 0 Å². The molecule has 1 fully saturated rings. The van der Waals surface area contributed by atoms with Gasteiger partial charge in [0, 0.05) is 6.04 Å². The first-order valence-electron chi connectivity index (χ1n) is 7.15. The zero-order valence-corrected chi connectivity index (χ0v) is 13.1. The van der Waals surface area contributed by atoms with Gasteiger partial charge in [0.05, 0.1) is 10.6 Å². The van der Waals surface area contributed by atoms with Crippen LogP contribution in [0.5, 0.6) is 11.5 Å². The number of rotatable bonds is 2. The van der Waals surface area contributed by atoms with Crippen molar-refractivity contribution in [1.82, 2.24) is 5.32 Å². The number of halogens is 1. The van der Waals surface area contributed by atoms with Crippen LogP contribution >= 0.6 is 15.9 Å². The lowest BCUT2D eigenvalue weighted by Gasteiger charge is -2.32. The van der Waals surface area contributed by atoms with Gasteiger partial charge in [-0.1, -0.05) is 6.92 Å². The van der Waals surface area contributed by atoms with Crippen LogP contribution in [0.4, 0.5) is 0 Å². The number of aliphatic hydroxyl groups excluding tert-OH is 1. The van der Waals surface area contributed by atoms with Gasteiger partial charge in [0.1, 0.15) is 13.2 Å². The van der Waals surface area contributed by atoms with Gasteiger partial charge in [0.15, 0.2) is 11.5 Å². The third-order valence-electron chi connectivity index (χ3n) is 4.04. The average Bonchev–Trinajstić information content (AvgIpc) is 2.46. The van der Waals surface area contributed by atoms with Crippen molar-refractivity contribution in [2.45, 2.75) is 31.9 Å². The first kappa shape index (κ1) is 14.2. The van der Waals surface area contributed by atoms with E-state index in [2.05, 4.69) is 28.2 Å². The van der Waals surface area contributed by atoms with Crippen molar-refractivity contribution in [3.8, 4) is 11.5 Å². The van der Waals surface area contributed by atoms with Crippen molar-refractivity contribution in [2.24, 2.45) is 5.92 Å². The number of ether oxygens (including phenoxy) is 2. The molecule has 2 aliphatic rings. The van der Waals surface area contributed by atoms with E-state index in [9.17, 15) is 5.11 Å². The molecule has 3 unspecified atom stereocenters. The molecule has 0 aromatic heterocycles. The predicted octanol–water partition coefficient (Wildman–Crippen LogP) is 2.64. The lowest BCUT2D eigenvalue weighted by Crippen LogP contribution is -2.41. The minimum atomic E-state index is -0.523. The lowest BCUT2D eigenvalue weighted by molar-refractivity contribution is 0.100. The fourth-order valence-corrected chi connectivity index (χ4v) is 3.50. The second-order valence-corrected chi connectivity index (χ2v) is 6.52. The van der Waals surface area contributed by atoms with Crippen LogP contribution in [0.15, 0.2) is 16.6 Å². The summed E-state index contributed by atoms with van der Waals surface area (Å²) in [5, 5.41) is 14.0. The number of piperidine rings is 1. The minimum absolute atomic E-state index is 0.105. The normalized spacial score (nSPS) is 27.1. The molecule has 2 N–H and O–H groups in total. The van der Waals surface area contributed by atoms with Crippen LogP contribution in [0.25, 0.3) is 0 Å². The molecule has 1 aromatic rings. The maximum absolute atomic E-state index is 10.6. The van der Waals surface area contributed by atoms with Crippen LogP contribution in [0, 0.1) is 5.92 Å². The molecule has 0 saturated carbocycles. The number of hydrogen-bond donors (Lipinski definition) is 2. The Kier molecular flexibility index (Phi) is 4.19. The lowest BCUT2D eigenvalue weighted by atomic mass is 9.88. The highest BCUT2D eigenvalue weighted by Gasteiger charge is 2.28. The molecular formula is C15H20BrNO3. The van der Waals surface area contributed by atoms with Crippen molar-refractivity contribution in [3.63, 3.8) is 0 Å². The molecule has 2 heterocycles. The fourth-order valence-electron chi connectivity index (χ4n) is 2.92. The van der Waals surface area contributed by atoms with E-state index < -0.39 is 6.10 Å². The summed E-state index contributed by atoms with van der Waals surface area (Å²) in [7, 11) is 0. The minimum Gasteiger partial charge on any atom is -0.486 e. The highest BCUT2D eigenvalue weighted by Crippen LogP contribution is 2.40. The number of benzene rings is 1. The summed E-state index contributed by atoms with van der Waals surface area (Å²) < 4.78 is 12.0. The molecule has 4 nitrogen and oxygen atoms in total. The molecule has 2 aliphatic heterocycles. The molecule has 110 valence electrons. The first-order chi connectivity index (χ1) is 9.65. The average molecular weight is 342 g/mol. The third-order valence-corrected chi connectivity index (χ3v) is 4.63. The topological polar surface area (TPSA) is 50.7 Å². The highest BCUT2D eigenvalue weighted by molar-refractivity contribution is 9.10. The van der Waals surface area contributed by atoms with E-state index in [4.69, 9.17) is 9.47 Å². The number of fused-ring (bicyclic) bond motifs is 1. The van der Waals surface area contributed by atoms with Gasteiger partial charge < -0.3 is 19.9 Å². The Bertz CT molecular complexity index is 494.